The molecule has 0 spiro atoms. The molecule has 96 valence electrons. The molecule has 1 fully saturated rings. The summed E-state index contributed by atoms with van der Waals surface area (Å²) in [4.78, 5) is 0. The van der Waals surface area contributed by atoms with Crippen LogP contribution in [0.4, 0.5) is 0 Å². The SMILES string of the molecule is COc1ccc(CCC2(C#N)CCOCC2)cc1. The minimum atomic E-state index is -0.182. The second-order valence-corrected chi connectivity index (χ2v) is 4.85. The van der Waals surface area contributed by atoms with Crippen LogP contribution in [-0.2, 0) is 11.2 Å². The third-order valence-corrected chi connectivity index (χ3v) is 3.74. The summed E-state index contributed by atoms with van der Waals surface area (Å²) < 4.78 is 10.5. The van der Waals surface area contributed by atoms with Crippen LogP contribution in [0, 0.1) is 16.7 Å². The van der Waals surface area contributed by atoms with E-state index in [4.69, 9.17) is 9.47 Å². The van der Waals surface area contributed by atoms with E-state index in [1.807, 2.05) is 12.1 Å². The van der Waals surface area contributed by atoms with Gasteiger partial charge in [0.2, 0.25) is 0 Å². The second-order valence-electron chi connectivity index (χ2n) is 4.85. The highest BCUT2D eigenvalue weighted by atomic mass is 16.5. The Morgan fingerprint density at radius 3 is 2.50 bits per heavy atom. The van der Waals surface area contributed by atoms with E-state index in [2.05, 4.69) is 18.2 Å². The molecule has 1 heterocycles. The van der Waals surface area contributed by atoms with Gasteiger partial charge in [-0.2, -0.15) is 5.26 Å². The Morgan fingerprint density at radius 1 is 1.28 bits per heavy atom. The molecule has 0 atom stereocenters. The fraction of sp³-hybridized carbons (Fsp3) is 0.533. The Hall–Kier alpha value is -1.53. The van der Waals surface area contributed by atoms with Crippen LogP contribution < -0.4 is 4.74 Å². The van der Waals surface area contributed by atoms with Crippen LogP contribution in [-0.4, -0.2) is 20.3 Å². The normalized spacial score (nSPS) is 18.0. The third kappa shape index (κ3) is 3.02. The Kier molecular flexibility index (Phi) is 4.22. The molecule has 2 rings (SSSR count). The number of benzene rings is 1. The molecule has 0 unspecified atom stereocenters. The molecule has 18 heavy (non-hydrogen) atoms. The first-order chi connectivity index (χ1) is 8.78. The van der Waals surface area contributed by atoms with Gasteiger partial charge in [-0.25, -0.2) is 0 Å². The minimum Gasteiger partial charge on any atom is -0.497 e. The predicted octanol–water partition coefficient (Wildman–Crippen LogP) is 2.95. The number of hydrogen-bond acceptors (Lipinski definition) is 3. The average Bonchev–Trinajstić information content (AvgIpc) is 2.47. The zero-order valence-corrected chi connectivity index (χ0v) is 10.8. The molecule has 1 aliphatic rings. The number of methoxy groups -OCH3 is 1. The molecular weight excluding hydrogens is 226 g/mol. The molecular formula is C15H19NO2. The second kappa shape index (κ2) is 5.88. The van der Waals surface area contributed by atoms with Gasteiger partial charge >= 0.3 is 0 Å². The van der Waals surface area contributed by atoms with Crippen molar-refractivity contribution in [1.29, 1.82) is 5.26 Å². The van der Waals surface area contributed by atoms with Crippen molar-refractivity contribution in [2.24, 2.45) is 5.41 Å². The lowest BCUT2D eigenvalue weighted by molar-refractivity contribution is 0.0371. The molecule has 1 saturated heterocycles. The Labute approximate surface area is 108 Å². The minimum absolute atomic E-state index is 0.182. The van der Waals surface area contributed by atoms with E-state index >= 15 is 0 Å². The van der Waals surface area contributed by atoms with Crippen LogP contribution in [0.25, 0.3) is 0 Å². The Balaban J connectivity index is 1.95. The predicted molar refractivity (Wildman–Crippen MR) is 69.4 cm³/mol. The molecule has 1 aliphatic heterocycles. The molecule has 1 aromatic rings. The smallest absolute Gasteiger partial charge is 0.118 e. The number of aryl methyl sites for hydroxylation is 1. The number of hydrogen-bond donors (Lipinski definition) is 0. The van der Waals surface area contributed by atoms with Gasteiger partial charge < -0.3 is 9.47 Å². The highest BCUT2D eigenvalue weighted by molar-refractivity contribution is 5.27. The highest BCUT2D eigenvalue weighted by Crippen LogP contribution is 2.34. The van der Waals surface area contributed by atoms with Gasteiger partial charge in [-0.05, 0) is 43.4 Å². The van der Waals surface area contributed by atoms with Crippen molar-refractivity contribution < 1.29 is 9.47 Å². The van der Waals surface area contributed by atoms with Crippen molar-refractivity contribution in [3.8, 4) is 11.8 Å². The summed E-state index contributed by atoms with van der Waals surface area (Å²) in [5, 5.41) is 9.38. The topological polar surface area (TPSA) is 42.2 Å². The quantitative estimate of drug-likeness (QED) is 0.819. The maximum Gasteiger partial charge on any atom is 0.118 e. The zero-order chi connectivity index (χ0) is 12.8. The average molecular weight is 245 g/mol. The van der Waals surface area contributed by atoms with Gasteiger partial charge in [0.05, 0.1) is 18.6 Å². The van der Waals surface area contributed by atoms with Crippen LogP contribution in [0.5, 0.6) is 5.75 Å². The molecule has 3 nitrogen and oxygen atoms in total. The van der Waals surface area contributed by atoms with E-state index in [9.17, 15) is 5.26 Å². The van der Waals surface area contributed by atoms with Crippen molar-refractivity contribution in [2.75, 3.05) is 20.3 Å². The van der Waals surface area contributed by atoms with Gasteiger partial charge in [0.15, 0.2) is 0 Å². The van der Waals surface area contributed by atoms with Crippen LogP contribution >= 0.6 is 0 Å². The number of ether oxygens (including phenoxy) is 2. The van der Waals surface area contributed by atoms with E-state index in [1.54, 1.807) is 7.11 Å². The molecule has 3 heteroatoms. The zero-order valence-electron chi connectivity index (χ0n) is 10.8. The lowest BCUT2D eigenvalue weighted by Gasteiger charge is -2.30. The first kappa shape index (κ1) is 12.9. The van der Waals surface area contributed by atoms with Crippen molar-refractivity contribution in [3.05, 3.63) is 29.8 Å². The summed E-state index contributed by atoms with van der Waals surface area (Å²) in [5.41, 5.74) is 1.08. The van der Waals surface area contributed by atoms with E-state index < -0.39 is 0 Å². The van der Waals surface area contributed by atoms with Crippen molar-refractivity contribution in [1.82, 2.24) is 0 Å². The first-order valence-corrected chi connectivity index (χ1v) is 6.40. The maximum absolute atomic E-state index is 9.38. The lowest BCUT2D eigenvalue weighted by atomic mass is 9.77. The van der Waals surface area contributed by atoms with E-state index in [-0.39, 0.29) is 5.41 Å². The Morgan fingerprint density at radius 2 is 1.94 bits per heavy atom. The number of nitrogens with zero attached hydrogens (tertiary/aromatic N) is 1. The monoisotopic (exact) mass is 245 g/mol. The third-order valence-electron chi connectivity index (χ3n) is 3.74. The van der Waals surface area contributed by atoms with Gasteiger partial charge in [-0.15, -0.1) is 0 Å². The van der Waals surface area contributed by atoms with Gasteiger partial charge in [0.1, 0.15) is 5.75 Å². The van der Waals surface area contributed by atoms with E-state index in [0.29, 0.717) is 0 Å². The molecule has 0 aliphatic carbocycles. The largest absolute Gasteiger partial charge is 0.497 e. The fourth-order valence-corrected chi connectivity index (χ4v) is 2.36. The Bertz CT molecular complexity index is 413. The molecule has 0 radical (unpaired) electrons. The molecule has 0 amide bonds. The summed E-state index contributed by atoms with van der Waals surface area (Å²) in [5.74, 6) is 0.875. The molecule has 0 N–H and O–H groups in total. The molecule has 0 saturated carbocycles. The summed E-state index contributed by atoms with van der Waals surface area (Å²) in [6.07, 6.45) is 3.58. The van der Waals surface area contributed by atoms with Crippen LogP contribution in [0.15, 0.2) is 24.3 Å². The van der Waals surface area contributed by atoms with E-state index in [1.165, 1.54) is 5.56 Å². The molecule has 0 bridgehead atoms. The highest BCUT2D eigenvalue weighted by Gasteiger charge is 2.32. The summed E-state index contributed by atoms with van der Waals surface area (Å²) in [6.45, 7) is 1.44. The standard InChI is InChI=1S/C15H19NO2/c1-17-14-4-2-13(3-5-14)6-7-15(12-16)8-10-18-11-9-15/h2-5H,6-11H2,1H3. The number of nitriles is 1. The van der Waals surface area contributed by atoms with Crippen molar-refractivity contribution in [2.45, 2.75) is 25.7 Å². The number of rotatable bonds is 4. The summed E-state index contributed by atoms with van der Waals surface area (Å²) >= 11 is 0. The summed E-state index contributed by atoms with van der Waals surface area (Å²) in [7, 11) is 1.67. The van der Waals surface area contributed by atoms with Crippen LogP contribution in [0.2, 0.25) is 0 Å². The van der Waals surface area contributed by atoms with Gasteiger partial charge in [-0.3, -0.25) is 0 Å². The van der Waals surface area contributed by atoms with E-state index in [0.717, 1.165) is 44.6 Å². The van der Waals surface area contributed by atoms with Crippen molar-refractivity contribution in [3.63, 3.8) is 0 Å². The van der Waals surface area contributed by atoms with Crippen molar-refractivity contribution >= 4 is 0 Å². The van der Waals surface area contributed by atoms with Gasteiger partial charge in [0, 0.05) is 13.2 Å². The summed E-state index contributed by atoms with van der Waals surface area (Å²) in [6, 6.07) is 10.6. The lowest BCUT2D eigenvalue weighted by Crippen LogP contribution is -2.28. The van der Waals surface area contributed by atoms with Crippen LogP contribution in [0.3, 0.4) is 0 Å². The first-order valence-electron chi connectivity index (χ1n) is 6.40. The fourth-order valence-electron chi connectivity index (χ4n) is 2.36. The maximum atomic E-state index is 9.38. The van der Waals surface area contributed by atoms with Gasteiger partial charge in [0.25, 0.3) is 0 Å². The molecule has 1 aromatic carbocycles. The van der Waals surface area contributed by atoms with Gasteiger partial charge in [-0.1, -0.05) is 12.1 Å². The molecule has 0 aromatic heterocycles. The van der Waals surface area contributed by atoms with Crippen LogP contribution in [0.1, 0.15) is 24.8 Å².